The Hall–Kier alpha value is -1.62. The van der Waals surface area contributed by atoms with Crippen LogP contribution in [-0.4, -0.2) is 15.4 Å². The van der Waals surface area contributed by atoms with Gasteiger partial charge in [-0.05, 0) is 12.5 Å². The number of rotatable bonds is 2. The van der Waals surface area contributed by atoms with Crippen molar-refractivity contribution >= 4 is 26.3 Å². The molecule has 1 atom stereocenters. The molecule has 90 valence electrons. The van der Waals surface area contributed by atoms with Crippen LogP contribution < -0.4 is 5.73 Å². The number of benzene rings is 1. The lowest BCUT2D eigenvalue weighted by Crippen LogP contribution is -2.08. The van der Waals surface area contributed by atoms with Crippen molar-refractivity contribution in [1.82, 2.24) is 4.98 Å². The van der Waals surface area contributed by atoms with E-state index >= 15 is 0 Å². The van der Waals surface area contributed by atoms with Crippen LogP contribution in [0.5, 0.6) is 0 Å². The first-order chi connectivity index (χ1) is 7.95. The van der Waals surface area contributed by atoms with Gasteiger partial charge in [-0.2, -0.15) is 0 Å². The second kappa shape index (κ2) is 4.00. The van der Waals surface area contributed by atoms with Crippen LogP contribution in [-0.2, 0) is 16.1 Å². The molecule has 0 radical (unpaired) electrons. The maximum Gasteiger partial charge on any atom is 0.0920 e. The first kappa shape index (κ1) is 11.9. The van der Waals surface area contributed by atoms with E-state index < -0.39 is 9.73 Å². The van der Waals surface area contributed by atoms with Crippen molar-refractivity contribution in [2.45, 2.75) is 18.2 Å². The minimum absolute atomic E-state index is 0.388. The first-order valence-electron chi connectivity index (χ1n) is 5.36. The highest BCUT2D eigenvalue weighted by Gasteiger charge is 2.17. The number of fused-ring (bicyclic) bond motifs is 1. The number of aryl methyl sites for hydroxylation is 1. The van der Waals surface area contributed by atoms with E-state index in [-0.39, 0.29) is 0 Å². The third-order valence-electron chi connectivity index (χ3n) is 2.68. The molecule has 3 N–H and O–H groups in total. The normalized spacial score (nSPS) is 14.7. The minimum Gasteiger partial charge on any atom is -0.397 e. The molecule has 1 aromatic carbocycles. The van der Waals surface area contributed by atoms with E-state index in [1.807, 2.05) is 31.2 Å². The summed E-state index contributed by atoms with van der Waals surface area (Å²) in [7, 11) is -2.86. The van der Waals surface area contributed by atoms with Gasteiger partial charge in [0, 0.05) is 11.6 Å². The van der Waals surface area contributed by atoms with Crippen molar-refractivity contribution in [3.63, 3.8) is 0 Å². The summed E-state index contributed by atoms with van der Waals surface area (Å²) < 4.78 is 19.7. The van der Waals surface area contributed by atoms with Gasteiger partial charge < -0.3 is 5.73 Å². The number of para-hydroxylation sites is 1. The number of nitrogens with zero attached hydrogens (tertiary/aromatic N) is 1. The van der Waals surface area contributed by atoms with Gasteiger partial charge in [-0.1, -0.05) is 25.1 Å². The van der Waals surface area contributed by atoms with Crippen molar-refractivity contribution in [2.75, 3.05) is 12.0 Å². The highest BCUT2D eigenvalue weighted by molar-refractivity contribution is 7.92. The molecule has 0 aliphatic carbocycles. The molecular weight excluding hydrogens is 234 g/mol. The van der Waals surface area contributed by atoms with Crippen LogP contribution in [0, 0.1) is 4.78 Å². The Labute approximate surface area is 101 Å². The third-order valence-corrected chi connectivity index (χ3v) is 3.92. The van der Waals surface area contributed by atoms with E-state index in [1.54, 1.807) is 0 Å². The van der Waals surface area contributed by atoms with E-state index in [1.165, 1.54) is 6.26 Å². The monoisotopic (exact) mass is 249 g/mol. The van der Waals surface area contributed by atoms with E-state index in [0.717, 1.165) is 10.9 Å². The number of anilines is 1. The predicted octanol–water partition coefficient (Wildman–Crippen LogP) is 2.41. The van der Waals surface area contributed by atoms with E-state index in [9.17, 15) is 4.21 Å². The molecule has 0 saturated heterocycles. The Morgan fingerprint density at radius 1 is 1.41 bits per heavy atom. The minimum atomic E-state index is -2.86. The number of nitrogens with one attached hydrogen (secondary N) is 1. The fourth-order valence-electron chi connectivity index (χ4n) is 1.95. The average molecular weight is 249 g/mol. The lowest BCUT2D eigenvalue weighted by Gasteiger charge is -2.13. The van der Waals surface area contributed by atoms with Gasteiger partial charge in [-0.15, -0.1) is 0 Å². The zero-order valence-corrected chi connectivity index (χ0v) is 10.7. The smallest absolute Gasteiger partial charge is 0.0920 e. The SMILES string of the molecule is CCc1nc2ccccc2c(N)c1S(C)(=N)=O. The van der Waals surface area contributed by atoms with Crippen molar-refractivity contribution in [2.24, 2.45) is 0 Å². The summed E-state index contributed by atoms with van der Waals surface area (Å²) in [5.74, 6) is 0. The van der Waals surface area contributed by atoms with Gasteiger partial charge in [-0.25, -0.2) is 8.99 Å². The molecule has 17 heavy (non-hydrogen) atoms. The molecular formula is C12H15N3OS. The van der Waals surface area contributed by atoms with Gasteiger partial charge >= 0.3 is 0 Å². The molecule has 5 heteroatoms. The fourth-order valence-corrected chi connectivity index (χ4v) is 3.12. The predicted molar refractivity (Wildman–Crippen MR) is 70.6 cm³/mol. The Morgan fingerprint density at radius 3 is 2.65 bits per heavy atom. The molecule has 1 aromatic heterocycles. The first-order valence-corrected chi connectivity index (χ1v) is 7.32. The van der Waals surface area contributed by atoms with Crippen molar-refractivity contribution in [1.29, 1.82) is 4.78 Å². The van der Waals surface area contributed by atoms with Crippen molar-refractivity contribution < 1.29 is 4.21 Å². The van der Waals surface area contributed by atoms with Crippen LogP contribution in [0.1, 0.15) is 12.6 Å². The second-order valence-corrected chi connectivity index (χ2v) is 6.11. The standard InChI is InChI=1S/C12H15N3OS/c1-3-9-12(17(2,14)16)11(13)8-6-4-5-7-10(8)15-9/h4-7,14H,3H2,1-2H3,(H2,13,15). The maximum atomic E-state index is 12.0. The second-order valence-electron chi connectivity index (χ2n) is 4.02. The van der Waals surface area contributed by atoms with Gasteiger partial charge in [0.25, 0.3) is 0 Å². The van der Waals surface area contributed by atoms with E-state index in [2.05, 4.69) is 4.98 Å². The summed E-state index contributed by atoms with van der Waals surface area (Å²) >= 11 is 0. The molecule has 2 rings (SSSR count). The Morgan fingerprint density at radius 2 is 2.06 bits per heavy atom. The fraction of sp³-hybridized carbons (Fsp3) is 0.250. The zero-order chi connectivity index (χ0) is 12.6. The summed E-state index contributed by atoms with van der Waals surface area (Å²) in [6.45, 7) is 1.92. The highest BCUT2D eigenvalue weighted by atomic mass is 32.2. The van der Waals surface area contributed by atoms with Crippen LogP contribution in [0.3, 0.4) is 0 Å². The molecule has 0 spiro atoms. The number of nitrogens with two attached hydrogens (primary N) is 1. The Kier molecular flexibility index (Phi) is 2.79. The summed E-state index contributed by atoms with van der Waals surface area (Å²) in [6.07, 6.45) is 2.00. The van der Waals surface area contributed by atoms with Crippen LogP contribution in [0.15, 0.2) is 29.2 Å². The highest BCUT2D eigenvalue weighted by Crippen LogP contribution is 2.29. The molecule has 1 heterocycles. The molecule has 2 aromatic rings. The quantitative estimate of drug-likeness (QED) is 0.857. The van der Waals surface area contributed by atoms with Crippen LogP contribution in [0.25, 0.3) is 10.9 Å². The number of hydrogen-bond acceptors (Lipinski definition) is 4. The Balaban J connectivity index is 2.96. The lowest BCUT2D eigenvalue weighted by atomic mass is 10.1. The molecule has 4 nitrogen and oxygen atoms in total. The number of aromatic nitrogens is 1. The number of nitrogen functional groups attached to an aromatic ring is 1. The van der Waals surface area contributed by atoms with E-state index in [0.29, 0.717) is 22.7 Å². The summed E-state index contributed by atoms with van der Waals surface area (Å²) in [5, 5.41) is 0.765. The van der Waals surface area contributed by atoms with Gasteiger partial charge in [0.2, 0.25) is 0 Å². The van der Waals surface area contributed by atoms with Gasteiger partial charge in [0.1, 0.15) is 0 Å². The van der Waals surface area contributed by atoms with Gasteiger partial charge in [0.05, 0.1) is 31.5 Å². The molecule has 1 unspecified atom stereocenters. The number of pyridine rings is 1. The van der Waals surface area contributed by atoms with Crippen molar-refractivity contribution in [3.05, 3.63) is 30.0 Å². The molecule has 0 saturated carbocycles. The largest absolute Gasteiger partial charge is 0.397 e. The Bertz CT molecular complexity index is 677. The van der Waals surface area contributed by atoms with Crippen molar-refractivity contribution in [3.8, 4) is 0 Å². The van der Waals surface area contributed by atoms with E-state index in [4.69, 9.17) is 10.5 Å². The molecule has 0 aliphatic rings. The molecule has 0 aliphatic heterocycles. The van der Waals surface area contributed by atoms with Crippen LogP contribution in [0.4, 0.5) is 5.69 Å². The van der Waals surface area contributed by atoms with Gasteiger partial charge in [0.15, 0.2) is 0 Å². The topological polar surface area (TPSA) is 79.8 Å². The average Bonchev–Trinajstić information content (AvgIpc) is 2.27. The van der Waals surface area contributed by atoms with Crippen LogP contribution >= 0.6 is 0 Å². The number of hydrogen-bond donors (Lipinski definition) is 2. The third kappa shape index (κ3) is 1.98. The molecule has 0 fully saturated rings. The maximum absolute atomic E-state index is 12.0. The van der Waals surface area contributed by atoms with Crippen LogP contribution in [0.2, 0.25) is 0 Å². The summed E-state index contributed by atoms with van der Waals surface area (Å²) in [6, 6.07) is 7.46. The molecule has 0 bridgehead atoms. The summed E-state index contributed by atoms with van der Waals surface area (Å²) in [5.41, 5.74) is 7.91. The molecule has 0 amide bonds. The zero-order valence-electron chi connectivity index (χ0n) is 9.86. The lowest BCUT2D eigenvalue weighted by molar-refractivity contribution is 0.677. The van der Waals surface area contributed by atoms with Gasteiger partial charge in [-0.3, -0.25) is 4.98 Å². The summed E-state index contributed by atoms with van der Waals surface area (Å²) in [4.78, 5) is 4.83.